The summed E-state index contributed by atoms with van der Waals surface area (Å²) in [6, 6.07) is 13.2. The lowest BCUT2D eigenvalue weighted by Gasteiger charge is -2.36. The summed E-state index contributed by atoms with van der Waals surface area (Å²) in [5.41, 5.74) is 9.36. The van der Waals surface area contributed by atoms with E-state index in [0.29, 0.717) is 12.5 Å². The van der Waals surface area contributed by atoms with Gasteiger partial charge in [0.05, 0.1) is 5.69 Å². The van der Waals surface area contributed by atoms with E-state index in [0.717, 1.165) is 17.9 Å². The van der Waals surface area contributed by atoms with Gasteiger partial charge in [-0.3, -0.25) is 4.98 Å². The molecule has 4 nitrogen and oxygen atoms in total. The van der Waals surface area contributed by atoms with Crippen LogP contribution in [0.2, 0.25) is 13.1 Å². The van der Waals surface area contributed by atoms with Crippen LogP contribution in [-0.4, -0.2) is 22.8 Å². The lowest BCUT2D eigenvalue weighted by atomic mass is 9.40. The van der Waals surface area contributed by atoms with Crippen LogP contribution in [0.25, 0.3) is 10.9 Å². The summed E-state index contributed by atoms with van der Waals surface area (Å²) in [5.74, 6) is 0.518. The van der Waals surface area contributed by atoms with Gasteiger partial charge in [0, 0.05) is 47.4 Å². The number of hydrogen-bond acceptors (Lipinski definition) is 3. The van der Waals surface area contributed by atoms with Gasteiger partial charge in [0.2, 0.25) is 0 Å². The Bertz CT molecular complexity index is 1470. The summed E-state index contributed by atoms with van der Waals surface area (Å²) in [6.45, 7) is 33.2. The fourth-order valence-electron chi connectivity index (χ4n) is 5.42. The van der Waals surface area contributed by atoms with Crippen LogP contribution >= 0.6 is 0 Å². The highest BCUT2D eigenvalue weighted by molar-refractivity contribution is 6.59. The molecule has 1 aromatic carbocycles. The predicted molar refractivity (Wildman–Crippen MR) is 208 cm³/mol. The standard InChI is InChI=1S/C26H32BN3.C8H11N.C3H8.2C2H6/c1-6-27(5)20(3)22-17-19(2)18-23-21(22)13-16-30(23)26(4,24-11-7-9-14-28-24)25-12-8-10-15-29-25;1-6-4-5-9-8(3)7(6)2;1-3-2;2*1-2/h7-14,16-18,20,29H,6,15H2,1-5H3;4-5,9H,3H2,1-2H3;3H2,1-2H3;2*1-2H3. The molecule has 4 heterocycles. The van der Waals surface area contributed by atoms with E-state index < -0.39 is 5.54 Å². The van der Waals surface area contributed by atoms with E-state index in [9.17, 15) is 0 Å². The van der Waals surface area contributed by atoms with Gasteiger partial charge in [-0.1, -0.05) is 106 Å². The highest BCUT2D eigenvalue weighted by Gasteiger charge is 2.36. The molecule has 0 spiro atoms. The van der Waals surface area contributed by atoms with E-state index in [1.807, 2.05) is 52.2 Å². The van der Waals surface area contributed by atoms with Gasteiger partial charge in [-0.05, 0) is 92.2 Å². The third-order valence-corrected chi connectivity index (χ3v) is 8.59. The highest BCUT2D eigenvalue weighted by atomic mass is 15.1. The zero-order chi connectivity index (χ0) is 34.9. The minimum Gasteiger partial charge on any atom is -0.383 e. The van der Waals surface area contributed by atoms with Crippen molar-refractivity contribution in [3.63, 3.8) is 0 Å². The topological polar surface area (TPSA) is 41.9 Å². The summed E-state index contributed by atoms with van der Waals surface area (Å²) >= 11 is 0. The zero-order valence-corrected chi connectivity index (χ0v) is 31.4. The van der Waals surface area contributed by atoms with Crippen molar-refractivity contribution in [2.45, 2.75) is 114 Å². The van der Waals surface area contributed by atoms with E-state index in [1.165, 1.54) is 51.6 Å². The molecule has 0 bridgehead atoms. The minimum atomic E-state index is -0.418. The van der Waals surface area contributed by atoms with Crippen molar-refractivity contribution < 1.29 is 0 Å². The second-order valence-corrected chi connectivity index (χ2v) is 11.8. The van der Waals surface area contributed by atoms with Gasteiger partial charge in [-0.2, -0.15) is 0 Å². The van der Waals surface area contributed by atoms with E-state index in [4.69, 9.17) is 4.98 Å². The molecule has 2 aliphatic rings. The number of allylic oxidation sites excluding steroid dienone is 6. The van der Waals surface area contributed by atoms with Crippen molar-refractivity contribution in [2.75, 3.05) is 6.54 Å². The number of rotatable bonds is 6. The van der Waals surface area contributed by atoms with Gasteiger partial charge in [0.25, 0.3) is 0 Å². The van der Waals surface area contributed by atoms with Crippen LogP contribution in [0.1, 0.15) is 105 Å². The Labute approximate surface area is 283 Å². The molecule has 2 unspecified atom stereocenters. The van der Waals surface area contributed by atoms with E-state index in [-0.39, 0.29) is 0 Å². The quantitative estimate of drug-likeness (QED) is 0.269. The van der Waals surface area contributed by atoms with Crippen LogP contribution in [0.5, 0.6) is 0 Å². The van der Waals surface area contributed by atoms with E-state index in [1.54, 1.807) is 0 Å². The van der Waals surface area contributed by atoms with Crippen molar-refractivity contribution in [3.8, 4) is 0 Å². The zero-order valence-electron chi connectivity index (χ0n) is 31.4. The van der Waals surface area contributed by atoms with Crippen LogP contribution < -0.4 is 10.6 Å². The Hall–Kier alpha value is -3.73. The lowest BCUT2D eigenvalue weighted by molar-refractivity contribution is 0.437. The molecule has 0 fully saturated rings. The third-order valence-electron chi connectivity index (χ3n) is 8.59. The average molecular weight is 623 g/mol. The largest absolute Gasteiger partial charge is 0.383 e. The summed E-state index contributed by atoms with van der Waals surface area (Å²) in [5, 5.41) is 7.98. The van der Waals surface area contributed by atoms with Crippen molar-refractivity contribution in [1.82, 2.24) is 20.2 Å². The monoisotopic (exact) mass is 623 g/mol. The van der Waals surface area contributed by atoms with Crippen LogP contribution in [-0.2, 0) is 5.54 Å². The first-order chi connectivity index (χ1) is 22.1. The number of nitrogens with one attached hydrogen (secondary N) is 2. The molecular formula is C41H63BN4. The van der Waals surface area contributed by atoms with Crippen LogP contribution in [0, 0.1) is 6.92 Å². The second-order valence-electron chi connectivity index (χ2n) is 11.8. The number of aryl methyl sites for hydroxylation is 1. The normalized spacial score (nSPS) is 15.1. The molecule has 0 radical (unpaired) electrons. The number of hydrogen-bond donors (Lipinski definition) is 2. The van der Waals surface area contributed by atoms with Gasteiger partial charge in [0.15, 0.2) is 0 Å². The molecular weight excluding hydrogens is 559 g/mol. The number of fused-ring (bicyclic) bond motifs is 1. The first-order valence-electron chi connectivity index (χ1n) is 17.5. The van der Waals surface area contributed by atoms with Gasteiger partial charge >= 0.3 is 0 Å². The third kappa shape index (κ3) is 9.89. The Morgan fingerprint density at radius 3 is 2.24 bits per heavy atom. The fourth-order valence-corrected chi connectivity index (χ4v) is 5.42. The first-order valence-corrected chi connectivity index (χ1v) is 17.5. The Morgan fingerprint density at radius 2 is 1.72 bits per heavy atom. The molecule has 2 aliphatic heterocycles. The Kier molecular flexibility index (Phi) is 17.9. The maximum absolute atomic E-state index is 4.78. The van der Waals surface area contributed by atoms with Crippen LogP contribution in [0.3, 0.4) is 0 Å². The molecule has 0 saturated heterocycles. The van der Waals surface area contributed by atoms with Crippen molar-refractivity contribution in [1.29, 1.82) is 0 Å². The molecule has 46 heavy (non-hydrogen) atoms. The SMILES string of the molecule is C=C1NC=CC(C)=C1C.CC.CC.CCB(C)C(C)c1cc(C)cc2c1ccn2C(C)(C1=CC=CCN1)c1ccccn1.CCC. The number of nitrogens with zero attached hydrogens (tertiary/aromatic N) is 2. The maximum Gasteiger partial charge on any atom is 0.144 e. The number of benzene rings is 1. The van der Waals surface area contributed by atoms with Crippen LogP contribution in [0.4, 0.5) is 0 Å². The van der Waals surface area contributed by atoms with Gasteiger partial charge in [-0.15, -0.1) is 0 Å². The van der Waals surface area contributed by atoms with Gasteiger partial charge < -0.3 is 15.2 Å². The summed E-state index contributed by atoms with van der Waals surface area (Å²) < 4.78 is 2.41. The minimum absolute atomic E-state index is 0.418. The molecule has 0 aliphatic carbocycles. The van der Waals surface area contributed by atoms with Gasteiger partial charge in [-0.25, -0.2) is 0 Å². The molecule has 3 aromatic rings. The molecule has 5 heteroatoms. The van der Waals surface area contributed by atoms with E-state index in [2.05, 4.69) is 139 Å². The van der Waals surface area contributed by atoms with Crippen molar-refractivity contribution in [2.24, 2.45) is 0 Å². The number of dihydropyridines is 2. The number of pyridine rings is 1. The first kappa shape index (κ1) is 40.3. The van der Waals surface area contributed by atoms with E-state index >= 15 is 0 Å². The highest BCUT2D eigenvalue weighted by Crippen LogP contribution is 2.38. The number of aromatic nitrogens is 2. The molecule has 2 aromatic heterocycles. The molecule has 250 valence electrons. The summed E-state index contributed by atoms with van der Waals surface area (Å²) in [4.78, 5) is 4.78. The Balaban J connectivity index is 0.000000551. The van der Waals surface area contributed by atoms with Crippen molar-refractivity contribution >= 4 is 17.6 Å². The molecule has 2 N–H and O–H groups in total. The average Bonchev–Trinajstić information content (AvgIpc) is 3.53. The molecule has 2 atom stereocenters. The van der Waals surface area contributed by atoms with Crippen LogP contribution in [0.15, 0.2) is 108 Å². The second kappa shape index (κ2) is 20.4. The lowest BCUT2D eigenvalue weighted by Crippen LogP contribution is -2.40. The molecule has 0 amide bonds. The molecule has 5 rings (SSSR count). The van der Waals surface area contributed by atoms with Gasteiger partial charge in [0.1, 0.15) is 12.3 Å². The predicted octanol–water partition coefficient (Wildman–Crippen LogP) is 11.4. The Morgan fingerprint density at radius 1 is 1.04 bits per heavy atom. The smallest absolute Gasteiger partial charge is 0.144 e. The fraction of sp³-hybridized carbons (Fsp3) is 0.439. The van der Waals surface area contributed by atoms with Crippen molar-refractivity contribution in [3.05, 3.63) is 125 Å². The maximum atomic E-state index is 4.78. The summed E-state index contributed by atoms with van der Waals surface area (Å²) in [7, 11) is 0. The molecule has 0 saturated carbocycles. The summed E-state index contributed by atoms with van der Waals surface area (Å²) in [6.07, 6.45) is 17.0.